The number of alkyl halides is 1. The Labute approximate surface area is 68.3 Å². The molecule has 0 aromatic heterocycles. The molecule has 0 aromatic rings. The topological polar surface area (TPSA) is 0 Å². The number of hydrogen-bond acceptors (Lipinski definition) is 0. The van der Waals surface area contributed by atoms with Crippen LogP contribution in [0.2, 0.25) is 0 Å². The van der Waals surface area contributed by atoms with Crippen LogP contribution in [-0.2, 0) is 0 Å². The van der Waals surface area contributed by atoms with Crippen molar-refractivity contribution >= 4 is 11.6 Å². The first kappa shape index (κ1) is 8.13. The molecule has 0 amide bonds. The molecule has 0 spiro atoms. The fraction of sp³-hybridized carbons (Fsp3) is 0.778. The summed E-state index contributed by atoms with van der Waals surface area (Å²) in [5.41, 5.74) is 1.20. The summed E-state index contributed by atoms with van der Waals surface area (Å²) in [5, 5.41) is 0. The van der Waals surface area contributed by atoms with E-state index in [2.05, 4.69) is 13.5 Å². The zero-order valence-corrected chi connectivity index (χ0v) is 7.32. The molecule has 1 heteroatoms. The maximum absolute atomic E-state index is 5.62. The van der Waals surface area contributed by atoms with Gasteiger partial charge in [-0.3, -0.25) is 0 Å². The molecule has 1 atom stereocenters. The van der Waals surface area contributed by atoms with Crippen molar-refractivity contribution in [3.8, 4) is 0 Å². The third-order valence-corrected chi connectivity index (χ3v) is 2.60. The van der Waals surface area contributed by atoms with Crippen LogP contribution in [0.25, 0.3) is 0 Å². The van der Waals surface area contributed by atoms with Crippen LogP contribution in [0, 0.1) is 11.8 Å². The van der Waals surface area contributed by atoms with E-state index >= 15 is 0 Å². The SMILES string of the molecule is C=C(CCl)CC(C)C1CC1. The number of halogens is 1. The molecular weight excluding hydrogens is 144 g/mol. The Morgan fingerprint density at radius 3 is 2.70 bits per heavy atom. The molecule has 1 rings (SSSR count). The average Bonchev–Trinajstić information content (AvgIpc) is 2.68. The van der Waals surface area contributed by atoms with E-state index in [1.807, 2.05) is 0 Å². The van der Waals surface area contributed by atoms with Crippen molar-refractivity contribution in [1.29, 1.82) is 0 Å². The Morgan fingerprint density at radius 2 is 2.30 bits per heavy atom. The van der Waals surface area contributed by atoms with E-state index in [0.717, 1.165) is 18.3 Å². The molecule has 0 saturated heterocycles. The summed E-state index contributed by atoms with van der Waals surface area (Å²) < 4.78 is 0. The summed E-state index contributed by atoms with van der Waals surface area (Å²) in [6, 6.07) is 0. The molecule has 0 heterocycles. The molecule has 0 aromatic carbocycles. The van der Waals surface area contributed by atoms with E-state index in [4.69, 9.17) is 11.6 Å². The van der Waals surface area contributed by atoms with Gasteiger partial charge in [-0.15, -0.1) is 11.6 Å². The van der Waals surface area contributed by atoms with Gasteiger partial charge in [-0.05, 0) is 31.1 Å². The Bertz CT molecular complexity index is 125. The highest BCUT2D eigenvalue weighted by Crippen LogP contribution is 2.39. The van der Waals surface area contributed by atoms with Crippen LogP contribution in [0.3, 0.4) is 0 Å². The lowest BCUT2D eigenvalue weighted by atomic mass is 9.98. The molecule has 0 radical (unpaired) electrons. The van der Waals surface area contributed by atoms with Gasteiger partial charge >= 0.3 is 0 Å². The Kier molecular flexibility index (Phi) is 2.79. The van der Waals surface area contributed by atoms with Gasteiger partial charge in [0.1, 0.15) is 0 Å². The third kappa shape index (κ3) is 2.34. The van der Waals surface area contributed by atoms with Crippen LogP contribution in [0.1, 0.15) is 26.2 Å². The van der Waals surface area contributed by atoms with Gasteiger partial charge in [-0.25, -0.2) is 0 Å². The van der Waals surface area contributed by atoms with Crippen LogP contribution in [0.5, 0.6) is 0 Å². The highest BCUT2D eigenvalue weighted by atomic mass is 35.5. The Balaban J connectivity index is 2.16. The molecular formula is C9H15Cl. The smallest absolute Gasteiger partial charge is 0.0431 e. The van der Waals surface area contributed by atoms with Crippen LogP contribution in [-0.4, -0.2) is 5.88 Å². The number of hydrogen-bond donors (Lipinski definition) is 0. The lowest BCUT2D eigenvalue weighted by Crippen LogP contribution is -1.98. The van der Waals surface area contributed by atoms with Gasteiger partial charge in [0, 0.05) is 5.88 Å². The van der Waals surface area contributed by atoms with Crippen molar-refractivity contribution in [2.45, 2.75) is 26.2 Å². The first-order valence-corrected chi connectivity index (χ1v) is 4.50. The fourth-order valence-electron chi connectivity index (χ4n) is 1.34. The van der Waals surface area contributed by atoms with E-state index in [1.165, 1.54) is 18.4 Å². The summed E-state index contributed by atoms with van der Waals surface area (Å²) in [6.07, 6.45) is 3.99. The first-order chi connectivity index (χ1) is 4.74. The number of allylic oxidation sites excluding steroid dienone is 1. The van der Waals surface area contributed by atoms with Crippen molar-refractivity contribution in [2.24, 2.45) is 11.8 Å². The number of rotatable bonds is 4. The molecule has 0 bridgehead atoms. The van der Waals surface area contributed by atoms with Crippen molar-refractivity contribution in [2.75, 3.05) is 5.88 Å². The van der Waals surface area contributed by atoms with Crippen LogP contribution in [0.4, 0.5) is 0 Å². The fourth-order valence-corrected chi connectivity index (χ4v) is 1.45. The first-order valence-electron chi connectivity index (χ1n) is 3.96. The monoisotopic (exact) mass is 158 g/mol. The third-order valence-electron chi connectivity index (χ3n) is 2.23. The predicted molar refractivity (Wildman–Crippen MR) is 46.4 cm³/mol. The molecule has 1 aliphatic carbocycles. The minimum Gasteiger partial charge on any atom is -0.122 e. The van der Waals surface area contributed by atoms with Gasteiger partial charge in [0.15, 0.2) is 0 Å². The van der Waals surface area contributed by atoms with Crippen LogP contribution >= 0.6 is 11.6 Å². The van der Waals surface area contributed by atoms with Crippen molar-refractivity contribution in [1.82, 2.24) is 0 Å². The highest BCUT2D eigenvalue weighted by molar-refractivity contribution is 6.19. The van der Waals surface area contributed by atoms with Gasteiger partial charge in [-0.2, -0.15) is 0 Å². The molecule has 0 nitrogen and oxygen atoms in total. The standard InChI is InChI=1S/C9H15Cl/c1-7(6-10)5-8(2)9-3-4-9/h8-9H,1,3-6H2,2H3. The summed E-state index contributed by atoms with van der Waals surface area (Å²) in [6.45, 7) is 6.19. The summed E-state index contributed by atoms with van der Waals surface area (Å²) in [4.78, 5) is 0. The lowest BCUT2D eigenvalue weighted by Gasteiger charge is -2.09. The van der Waals surface area contributed by atoms with Crippen LogP contribution in [0.15, 0.2) is 12.2 Å². The van der Waals surface area contributed by atoms with Crippen LogP contribution < -0.4 is 0 Å². The molecule has 1 unspecified atom stereocenters. The van der Waals surface area contributed by atoms with Gasteiger partial charge in [0.2, 0.25) is 0 Å². The molecule has 10 heavy (non-hydrogen) atoms. The maximum Gasteiger partial charge on any atom is 0.0431 e. The minimum atomic E-state index is 0.636. The maximum atomic E-state index is 5.62. The Morgan fingerprint density at radius 1 is 1.70 bits per heavy atom. The molecule has 0 N–H and O–H groups in total. The molecule has 1 aliphatic rings. The van der Waals surface area contributed by atoms with E-state index in [9.17, 15) is 0 Å². The van der Waals surface area contributed by atoms with E-state index < -0.39 is 0 Å². The lowest BCUT2D eigenvalue weighted by molar-refractivity contribution is 0.506. The summed E-state index contributed by atoms with van der Waals surface area (Å²) in [7, 11) is 0. The zero-order chi connectivity index (χ0) is 7.56. The summed E-state index contributed by atoms with van der Waals surface area (Å²) >= 11 is 5.62. The van der Waals surface area contributed by atoms with Crippen molar-refractivity contribution < 1.29 is 0 Å². The average molecular weight is 159 g/mol. The second-order valence-corrected chi connectivity index (χ2v) is 3.67. The Hall–Kier alpha value is 0.0300. The molecule has 1 saturated carbocycles. The summed E-state index contributed by atoms with van der Waals surface area (Å²) in [5.74, 6) is 2.45. The zero-order valence-electron chi connectivity index (χ0n) is 6.57. The van der Waals surface area contributed by atoms with Gasteiger partial charge in [0.25, 0.3) is 0 Å². The minimum absolute atomic E-state index is 0.636. The van der Waals surface area contributed by atoms with E-state index in [-0.39, 0.29) is 0 Å². The second-order valence-electron chi connectivity index (χ2n) is 3.40. The van der Waals surface area contributed by atoms with Gasteiger partial charge in [0.05, 0.1) is 0 Å². The highest BCUT2D eigenvalue weighted by Gasteiger charge is 2.27. The normalized spacial score (nSPS) is 20.6. The van der Waals surface area contributed by atoms with Gasteiger partial charge in [-0.1, -0.05) is 19.1 Å². The molecule has 1 fully saturated rings. The van der Waals surface area contributed by atoms with Crippen molar-refractivity contribution in [3.63, 3.8) is 0 Å². The largest absolute Gasteiger partial charge is 0.122 e. The van der Waals surface area contributed by atoms with E-state index in [0.29, 0.717) is 5.88 Å². The van der Waals surface area contributed by atoms with E-state index in [1.54, 1.807) is 0 Å². The predicted octanol–water partition coefficient (Wildman–Crippen LogP) is 3.22. The molecule has 58 valence electrons. The van der Waals surface area contributed by atoms with Gasteiger partial charge < -0.3 is 0 Å². The molecule has 0 aliphatic heterocycles. The quantitative estimate of drug-likeness (QED) is 0.436. The second kappa shape index (κ2) is 3.43. The van der Waals surface area contributed by atoms with Crippen molar-refractivity contribution in [3.05, 3.63) is 12.2 Å².